The quantitative estimate of drug-likeness (QED) is 0.668. The molecule has 0 amide bonds. The van der Waals surface area contributed by atoms with Gasteiger partial charge < -0.3 is 4.74 Å². The zero-order valence-corrected chi connectivity index (χ0v) is 9.89. The van der Waals surface area contributed by atoms with Gasteiger partial charge in [0.2, 0.25) is 0 Å². The van der Waals surface area contributed by atoms with Crippen molar-refractivity contribution in [3.63, 3.8) is 0 Å². The summed E-state index contributed by atoms with van der Waals surface area (Å²) in [5.74, 6) is 0. The Morgan fingerprint density at radius 2 is 1.85 bits per heavy atom. The van der Waals surface area contributed by atoms with Gasteiger partial charge in [0.25, 0.3) is 0 Å². The lowest BCUT2D eigenvalue weighted by Gasteiger charge is -2.21. The third-order valence-electron chi connectivity index (χ3n) is 1.86. The lowest BCUT2D eigenvalue weighted by Crippen LogP contribution is -2.29. The predicted octanol–water partition coefficient (Wildman–Crippen LogP) is 1.89. The van der Waals surface area contributed by atoms with Gasteiger partial charge in [0.15, 0.2) is 11.1 Å². The Balaban J connectivity index is 3.97. The van der Waals surface area contributed by atoms with Crippen LogP contribution < -0.4 is 0 Å². The first-order chi connectivity index (χ1) is 6.02. The molecule has 0 aromatic heterocycles. The van der Waals surface area contributed by atoms with Gasteiger partial charge in [0.05, 0.1) is 17.5 Å². The Labute approximate surface area is 83.5 Å². The molecule has 0 aliphatic carbocycles. The minimum absolute atomic E-state index is 0.0303. The van der Waals surface area contributed by atoms with Crippen LogP contribution in [0.4, 0.5) is 0 Å². The highest BCUT2D eigenvalue weighted by Gasteiger charge is 2.19. The van der Waals surface area contributed by atoms with Crippen molar-refractivity contribution in [1.29, 1.82) is 0 Å². The SMILES string of the molecule is CCC(OC)C(C)OS(=O)C(C)C. The van der Waals surface area contributed by atoms with Crippen LogP contribution in [0.15, 0.2) is 0 Å². The number of hydrogen-bond donors (Lipinski definition) is 0. The van der Waals surface area contributed by atoms with Gasteiger partial charge >= 0.3 is 0 Å². The molecule has 80 valence electrons. The predicted molar refractivity (Wildman–Crippen MR) is 54.9 cm³/mol. The van der Waals surface area contributed by atoms with Crippen molar-refractivity contribution in [3.8, 4) is 0 Å². The molecule has 0 aromatic rings. The molecular weight excluding hydrogens is 188 g/mol. The second kappa shape index (κ2) is 6.51. The van der Waals surface area contributed by atoms with E-state index in [1.54, 1.807) is 7.11 Å². The van der Waals surface area contributed by atoms with Gasteiger partial charge in [-0.15, -0.1) is 0 Å². The minimum atomic E-state index is -1.21. The van der Waals surface area contributed by atoms with Gasteiger partial charge in [-0.2, -0.15) is 0 Å². The van der Waals surface area contributed by atoms with Gasteiger partial charge in [-0.05, 0) is 27.2 Å². The Morgan fingerprint density at radius 1 is 1.31 bits per heavy atom. The molecule has 4 heteroatoms. The van der Waals surface area contributed by atoms with Gasteiger partial charge in [0.1, 0.15) is 0 Å². The maximum absolute atomic E-state index is 11.3. The standard InChI is InChI=1S/C9H20O3S/c1-6-9(11-5)8(4)12-13(10)7(2)3/h7-9H,6H2,1-5H3. The zero-order valence-electron chi connectivity index (χ0n) is 9.07. The monoisotopic (exact) mass is 208 g/mol. The second-order valence-corrected chi connectivity index (χ2v) is 4.95. The van der Waals surface area contributed by atoms with E-state index in [-0.39, 0.29) is 17.5 Å². The number of hydrogen-bond acceptors (Lipinski definition) is 3. The van der Waals surface area contributed by atoms with Crippen molar-refractivity contribution in [2.75, 3.05) is 7.11 Å². The molecule has 0 rings (SSSR count). The highest BCUT2D eigenvalue weighted by Crippen LogP contribution is 2.10. The van der Waals surface area contributed by atoms with E-state index in [9.17, 15) is 4.21 Å². The topological polar surface area (TPSA) is 35.5 Å². The lowest BCUT2D eigenvalue weighted by atomic mass is 10.2. The summed E-state index contributed by atoms with van der Waals surface area (Å²) in [7, 11) is 1.65. The molecular formula is C9H20O3S. The van der Waals surface area contributed by atoms with Crippen molar-refractivity contribution >= 4 is 11.1 Å². The van der Waals surface area contributed by atoms with Crippen molar-refractivity contribution in [2.45, 2.75) is 51.6 Å². The van der Waals surface area contributed by atoms with Crippen LogP contribution in [0.3, 0.4) is 0 Å². The van der Waals surface area contributed by atoms with E-state index >= 15 is 0 Å². The molecule has 0 bridgehead atoms. The summed E-state index contributed by atoms with van der Waals surface area (Å²) >= 11 is -1.21. The first-order valence-corrected chi connectivity index (χ1v) is 5.77. The van der Waals surface area contributed by atoms with E-state index in [4.69, 9.17) is 8.92 Å². The van der Waals surface area contributed by atoms with E-state index in [2.05, 4.69) is 0 Å². The van der Waals surface area contributed by atoms with Crippen molar-refractivity contribution in [2.24, 2.45) is 0 Å². The summed E-state index contributed by atoms with van der Waals surface area (Å²) in [6.45, 7) is 7.65. The maximum Gasteiger partial charge on any atom is 0.158 e. The average Bonchev–Trinajstić information content (AvgIpc) is 2.06. The highest BCUT2D eigenvalue weighted by molar-refractivity contribution is 7.80. The van der Waals surface area contributed by atoms with E-state index < -0.39 is 11.1 Å². The van der Waals surface area contributed by atoms with Crippen LogP contribution in [0.2, 0.25) is 0 Å². The molecule has 0 aliphatic heterocycles. The lowest BCUT2D eigenvalue weighted by molar-refractivity contribution is 0.0145. The molecule has 0 aromatic carbocycles. The van der Waals surface area contributed by atoms with Crippen LogP contribution >= 0.6 is 0 Å². The number of ether oxygens (including phenoxy) is 1. The minimum Gasteiger partial charge on any atom is -0.379 e. The van der Waals surface area contributed by atoms with Gasteiger partial charge in [-0.1, -0.05) is 6.92 Å². The van der Waals surface area contributed by atoms with E-state index in [0.29, 0.717) is 0 Å². The summed E-state index contributed by atoms with van der Waals surface area (Å²) in [5.41, 5.74) is 0. The molecule has 0 saturated heterocycles. The van der Waals surface area contributed by atoms with Crippen molar-refractivity contribution < 1.29 is 13.1 Å². The van der Waals surface area contributed by atoms with Crippen LogP contribution in [0, 0.1) is 0 Å². The van der Waals surface area contributed by atoms with Crippen LogP contribution in [-0.2, 0) is 20.0 Å². The molecule has 3 nitrogen and oxygen atoms in total. The first kappa shape index (κ1) is 13.1. The van der Waals surface area contributed by atoms with Gasteiger partial charge in [-0.25, -0.2) is 4.21 Å². The first-order valence-electron chi connectivity index (χ1n) is 4.63. The Bertz CT molecular complexity index is 155. The Hall–Kier alpha value is 0.0700. The largest absolute Gasteiger partial charge is 0.379 e. The average molecular weight is 208 g/mol. The maximum atomic E-state index is 11.3. The van der Waals surface area contributed by atoms with Crippen LogP contribution in [0.5, 0.6) is 0 Å². The molecule has 3 atom stereocenters. The number of rotatable bonds is 6. The zero-order chi connectivity index (χ0) is 10.4. The summed E-state index contributed by atoms with van der Waals surface area (Å²) in [6, 6.07) is 0. The smallest absolute Gasteiger partial charge is 0.158 e. The molecule has 0 aliphatic rings. The van der Waals surface area contributed by atoms with Crippen LogP contribution in [0.1, 0.15) is 34.1 Å². The summed E-state index contributed by atoms with van der Waals surface area (Å²) in [5, 5.41) is 0.0387. The fourth-order valence-electron chi connectivity index (χ4n) is 1.01. The third kappa shape index (κ3) is 4.74. The Kier molecular flexibility index (Phi) is 6.55. The van der Waals surface area contributed by atoms with E-state index in [1.165, 1.54) is 0 Å². The molecule has 0 heterocycles. The van der Waals surface area contributed by atoms with Crippen molar-refractivity contribution in [3.05, 3.63) is 0 Å². The Morgan fingerprint density at radius 3 is 2.15 bits per heavy atom. The normalized spacial score (nSPS) is 18.6. The highest BCUT2D eigenvalue weighted by atomic mass is 32.2. The molecule has 0 radical (unpaired) electrons. The van der Waals surface area contributed by atoms with Gasteiger partial charge in [0, 0.05) is 7.11 Å². The van der Waals surface area contributed by atoms with Crippen molar-refractivity contribution in [1.82, 2.24) is 0 Å². The number of methoxy groups -OCH3 is 1. The second-order valence-electron chi connectivity index (χ2n) is 3.29. The fraction of sp³-hybridized carbons (Fsp3) is 1.00. The molecule has 0 saturated carbocycles. The summed E-state index contributed by atoms with van der Waals surface area (Å²) in [6.07, 6.45) is 0.786. The van der Waals surface area contributed by atoms with Crippen LogP contribution in [0.25, 0.3) is 0 Å². The summed E-state index contributed by atoms with van der Waals surface area (Å²) < 4.78 is 21.8. The molecule has 3 unspecified atom stereocenters. The van der Waals surface area contributed by atoms with E-state index in [0.717, 1.165) is 6.42 Å². The molecule has 0 fully saturated rings. The molecule has 0 spiro atoms. The molecule has 0 N–H and O–H groups in total. The van der Waals surface area contributed by atoms with Crippen LogP contribution in [-0.4, -0.2) is 28.8 Å². The fourth-order valence-corrected chi connectivity index (χ4v) is 1.66. The third-order valence-corrected chi connectivity index (χ3v) is 3.12. The van der Waals surface area contributed by atoms with E-state index in [1.807, 2.05) is 27.7 Å². The molecule has 13 heavy (non-hydrogen) atoms. The van der Waals surface area contributed by atoms with Gasteiger partial charge in [-0.3, -0.25) is 4.18 Å². The summed E-state index contributed by atoms with van der Waals surface area (Å²) in [4.78, 5) is 0.